The number of carboxylic acids is 1. The van der Waals surface area contributed by atoms with E-state index >= 15 is 0 Å². The van der Waals surface area contributed by atoms with E-state index in [1.54, 1.807) is 30.3 Å². The average molecular weight is 262 g/mol. The van der Waals surface area contributed by atoms with Gasteiger partial charge in [-0.2, -0.15) is 5.26 Å². The number of hydrogen-bond acceptors (Lipinski definition) is 5. The van der Waals surface area contributed by atoms with Gasteiger partial charge in [-0.05, 0) is 12.0 Å². The molecule has 0 aliphatic heterocycles. The Hall–Kier alpha value is -2.39. The van der Waals surface area contributed by atoms with Gasteiger partial charge in [-0.25, -0.2) is 0 Å². The summed E-state index contributed by atoms with van der Waals surface area (Å²) < 4.78 is 4.95. The van der Waals surface area contributed by atoms with Gasteiger partial charge in [0, 0.05) is 0 Å². The number of nitriles is 1. The SMILES string of the molecule is N#CC(C[C@H](N)C(=O)O)C(=O)OCc1ccccc1. The van der Waals surface area contributed by atoms with Gasteiger partial charge in [-0.15, -0.1) is 0 Å². The Bertz CT molecular complexity index is 481. The lowest BCUT2D eigenvalue weighted by molar-refractivity contribution is -0.148. The van der Waals surface area contributed by atoms with Crippen molar-refractivity contribution in [3.63, 3.8) is 0 Å². The average Bonchev–Trinajstić information content (AvgIpc) is 2.42. The van der Waals surface area contributed by atoms with Gasteiger partial charge in [0.1, 0.15) is 18.6 Å². The summed E-state index contributed by atoms with van der Waals surface area (Å²) in [6, 6.07) is 9.42. The van der Waals surface area contributed by atoms with Crippen molar-refractivity contribution in [2.24, 2.45) is 11.7 Å². The molecule has 0 radical (unpaired) electrons. The molecule has 0 heterocycles. The number of carbonyl (C=O) groups is 2. The number of carbonyl (C=O) groups excluding carboxylic acids is 1. The number of aliphatic carboxylic acids is 1. The van der Waals surface area contributed by atoms with E-state index in [2.05, 4.69) is 0 Å². The van der Waals surface area contributed by atoms with Gasteiger partial charge < -0.3 is 15.6 Å². The van der Waals surface area contributed by atoms with Crippen molar-refractivity contribution in [2.45, 2.75) is 19.1 Å². The second kappa shape index (κ2) is 7.13. The van der Waals surface area contributed by atoms with E-state index in [1.807, 2.05) is 6.07 Å². The van der Waals surface area contributed by atoms with E-state index in [1.165, 1.54) is 0 Å². The van der Waals surface area contributed by atoms with Gasteiger partial charge in [0.2, 0.25) is 0 Å². The molecular formula is C13H14N2O4. The summed E-state index contributed by atoms with van der Waals surface area (Å²) in [7, 11) is 0. The van der Waals surface area contributed by atoms with Gasteiger partial charge in [-0.1, -0.05) is 30.3 Å². The van der Waals surface area contributed by atoms with Crippen LogP contribution in [0.25, 0.3) is 0 Å². The van der Waals surface area contributed by atoms with Gasteiger partial charge in [0.15, 0.2) is 0 Å². The van der Waals surface area contributed by atoms with Gasteiger partial charge in [0.05, 0.1) is 6.07 Å². The number of nitrogens with zero attached hydrogens (tertiary/aromatic N) is 1. The lowest BCUT2D eigenvalue weighted by Crippen LogP contribution is -2.34. The van der Waals surface area contributed by atoms with Crippen LogP contribution in [0.15, 0.2) is 30.3 Å². The number of ether oxygens (including phenoxy) is 1. The molecule has 0 spiro atoms. The first kappa shape index (κ1) is 14.7. The number of rotatable bonds is 6. The molecule has 0 aliphatic rings. The predicted molar refractivity (Wildman–Crippen MR) is 65.6 cm³/mol. The Kier molecular flexibility index (Phi) is 5.51. The van der Waals surface area contributed by atoms with Gasteiger partial charge in [0.25, 0.3) is 0 Å². The number of nitrogens with two attached hydrogens (primary N) is 1. The highest BCUT2D eigenvalue weighted by Crippen LogP contribution is 2.09. The topological polar surface area (TPSA) is 113 Å². The fourth-order valence-electron chi connectivity index (χ4n) is 1.39. The van der Waals surface area contributed by atoms with Crippen LogP contribution in [0, 0.1) is 17.2 Å². The molecule has 0 fully saturated rings. The van der Waals surface area contributed by atoms with Crippen molar-refractivity contribution in [1.29, 1.82) is 5.26 Å². The first-order valence-electron chi connectivity index (χ1n) is 5.63. The van der Waals surface area contributed by atoms with Crippen molar-refractivity contribution in [1.82, 2.24) is 0 Å². The minimum absolute atomic E-state index is 0.0418. The second-order valence-corrected chi connectivity index (χ2v) is 3.96. The van der Waals surface area contributed by atoms with E-state index in [9.17, 15) is 9.59 Å². The first-order chi connectivity index (χ1) is 9.04. The maximum Gasteiger partial charge on any atom is 0.323 e. The van der Waals surface area contributed by atoms with Crippen LogP contribution >= 0.6 is 0 Å². The Morgan fingerprint density at radius 3 is 2.53 bits per heavy atom. The molecule has 1 rings (SSSR count). The van der Waals surface area contributed by atoms with Crippen LogP contribution in [0.2, 0.25) is 0 Å². The standard InChI is InChI=1S/C13H14N2O4/c14-7-10(6-11(15)12(16)17)13(18)19-8-9-4-2-1-3-5-9/h1-5,10-11H,6,8,15H2,(H,16,17)/t10?,11-/m0/s1. The van der Waals surface area contributed by atoms with Crippen molar-refractivity contribution in [3.8, 4) is 6.07 Å². The summed E-state index contributed by atoms with van der Waals surface area (Å²) in [5, 5.41) is 17.5. The normalized spacial score (nSPS) is 13.1. The molecule has 0 aliphatic carbocycles. The number of esters is 1. The quantitative estimate of drug-likeness (QED) is 0.728. The number of hydrogen-bond donors (Lipinski definition) is 2. The molecule has 1 unspecified atom stereocenters. The molecule has 2 atom stereocenters. The van der Waals surface area contributed by atoms with E-state index in [0.29, 0.717) is 0 Å². The fraction of sp³-hybridized carbons (Fsp3) is 0.308. The lowest BCUT2D eigenvalue weighted by Gasteiger charge is -2.11. The van der Waals surface area contributed by atoms with Crippen LogP contribution in [0.1, 0.15) is 12.0 Å². The zero-order chi connectivity index (χ0) is 14.3. The first-order valence-corrected chi connectivity index (χ1v) is 5.63. The summed E-state index contributed by atoms with van der Waals surface area (Å²) in [5.41, 5.74) is 6.07. The van der Waals surface area contributed by atoms with E-state index in [4.69, 9.17) is 20.8 Å². The molecule has 1 aromatic carbocycles. The summed E-state index contributed by atoms with van der Waals surface area (Å²) >= 11 is 0. The second-order valence-electron chi connectivity index (χ2n) is 3.96. The predicted octanol–water partition coefficient (Wildman–Crippen LogP) is 0.672. The maximum absolute atomic E-state index is 11.6. The molecule has 0 saturated carbocycles. The Morgan fingerprint density at radius 1 is 1.37 bits per heavy atom. The Balaban J connectivity index is 2.51. The van der Waals surface area contributed by atoms with E-state index in [-0.39, 0.29) is 13.0 Å². The lowest BCUT2D eigenvalue weighted by atomic mass is 10.0. The Morgan fingerprint density at radius 2 is 2.00 bits per heavy atom. The van der Waals surface area contributed by atoms with Crippen LogP contribution in [0.3, 0.4) is 0 Å². The molecule has 0 saturated heterocycles. The summed E-state index contributed by atoms with van der Waals surface area (Å²) in [6.45, 7) is 0.0418. The monoisotopic (exact) mass is 262 g/mol. The fourth-order valence-corrected chi connectivity index (χ4v) is 1.39. The van der Waals surface area contributed by atoms with Crippen LogP contribution in [-0.4, -0.2) is 23.1 Å². The molecule has 6 nitrogen and oxygen atoms in total. The zero-order valence-corrected chi connectivity index (χ0v) is 10.2. The molecule has 100 valence electrons. The van der Waals surface area contributed by atoms with Gasteiger partial charge >= 0.3 is 11.9 Å². The largest absolute Gasteiger partial charge is 0.480 e. The smallest absolute Gasteiger partial charge is 0.323 e. The van der Waals surface area contributed by atoms with Crippen LogP contribution in [0.4, 0.5) is 0 Å². The summed E-state index contributed by atoms with van der Waals surface area (Å²) in [5.74, 6) is -3.19. The third-order valence-electron chi connectivity index (χ3n) is 2.47. The molecule has 1 aromatic rings. The molecule has 19 heavy (non-hydrogen) atoms. The number of benzene rings is 1. The third-order valence-corrected chi connectivity index (χ3v) is 2.47. The third kappa shape index (κ3) is 4.77. The molecule has 0 bridgehead atoms. The summed E-state index contributed by atoms with van der Waals surface area (Å²) in [4.78, 5) is 22.2. The highest BCUT2D eigenvalue weighted by molar-refractivity contribution is 5.78. The zero-order valence-electron chi connectivity index (χ0n) is 10.2. The summed E-state index contributed by atoms with van der Waals surface area (Å²) in [6.07, 6.45) is -0.264. The van der Waals surface area contributed by atoms with Crippen LogP contribution < -0.4 is 5.73 Å². The minimum Gasteiger partial charge on any atom is -0.480 e. The highest BCUT2D eigenvalue weighted by atomic mass is 16.5. The maximum atomic E-state index is 11.6. The molecule has 0 aromatic heterocycles. The van der Waals surface area contributed by atoms with Crippen LogP contribution in [-0.2, 0) is 20.9 Å². The van der Waals surface area contributed by atoms with Crippen LogP contribution in [0.5, 0.6) is 0 Å². The van der Waals surface area contributed by atoms with Crippen molar-refractivity contribution < 1.29 is 19.4 Å². The molecule has 3 N–H and O–H groups in total. The van der Waals surface area contributed by atoms with Crippen molar-refractivity contribution in [3.05, 3.63) is 35.9 Å². The van der Waals surface area contributed by atoms with Crippen molar-refractivity contribution in [2.75, 3.05) is 0 Å². The van der Waals surface area contributed by atoms with E-state index in [0.717, 1.165) is 5.56 Å². The molecule has 0 amide bonds. The molecular weight excluding hydrogens is 248 g/mol. The Labute approximate surface area is 110 Å². The molecule has 6 heteroatoms. The van der Waals surface area contributed by atoms with Crippen molar-refractivity contribution >= 4 is 11.9 Å². The minimum atomic E-state index is -1.26. The van der Waals surface area contributed by atoms with Gasteiger partial charge in [-0.3, -0.25) is 9.59 Å². The highest BCUT2D eigenvalue weighted by Gasteiger charge is 2.25. The van der Waals surface area contributed by atoms with E-state index < -0.39 is 23.9 Å². The number of carboxylic acid groups (broad SMARTS) is 1.